The van der Waals surface area contributed by atoms with Gasteiger partial charge in [0.1, 0.15) is 0 Å². The average molecular weight is 247 g/mol. The summed E-state index contributed by atoms with van der Waals surface area (Å²) in [6, 6.07) is 5.31. The van der Waals surface area contributed by atoms with E-state index in [9.17, 15) is 5.11 Å². The molecule has 1 aromatic carbocycles. The third-order valence-corrected chi connectivity index (χ3v) is 3.29. The lowest BCUT2D eigenvalue weighted by Gasteiger charge is -2.18. The van der Waals surface area contributed by atoms with Crippen LogP contribution in [0.4, 0.5) is 0 Å². The van der Waals surface area contributed by atoms with Crippen LogP contribution in [-0.4, -0.2) is 18.3 Å². The molecule has 4 heteroatoms. The van der Waals surface area contributed by atoms with Crippen LogP contribution in [0.2, 0.25) is 10.0 Å². The molecule has 2 rings (SSSR count). The number of rotatable bonds is 2. The quantitative estimate of drug-likeness (QED) is 0.870. The Balaban J connectivity index is 2.31. The van der Waals surface area contributed by atoms with Crippen LogP contribution in [0.5, 0.6) is 0 Å². The highest BCUT2D eigenvalue weighted by Gasteiger charge is 2.30. The second-order valence-corrected chi connectivity index (χ2v) is 4.53. The molecule has 0 spiro atoms. The van der Waals surface area contributed by atoms with Crippen molar-refractivity contribution in [1.82, 2.24) is 0 Å². The van der Waals surface area contributed by atoms with Gasteiger partial charge in [-0.25, -0.2) is 0 Å². The molecular formula is C11H12Cl2O2. The van der Waals surface area contributed by atoms with Crippen molar-refractivity contribution < 1.29 is 9.84 Å². The minimum absolute atomic E-state index is 0.119. The average Bonchev–Trinajstić information content (AvgIpc) is 2.69. The number of ether oxygens (including phenoxy) is 1. The van der Waals surface area contributed by atoms with Crippen molar-refractivity contribution in [1.29, 1.82) is 0 Å². The molecule has 0 aliphatic carbocycles. The Morgan fingerprint density at radius 3 is 2.93 bits per heavy atom. The van der Waals surface area contributed by atoms with Crippen molar-refractivity contribution >= 4 is 23.2 Å². The fourth-order valence-electron chi connectivity index (χ4n) is 1.90. The van der Waals surface area contributed by atoms with E-state index in [0.29, 0.717) is 16.7 Å². The lowest BCUT2D eigenvalue weighted by molar-refractivity contribution is 0.0721. The van der Waals surface area contributed by atoms with Gasteiger partial charge in [-0.05, 0) is 24.6 Å². The molecule has 0 radical (unpaired) electrons. The molecule has 1 fully saturated rings. The summed E-state index contributed by atoms with van der Waals surface area (Å²) in [7, 11) is 0. The zero-order valence-electron chi connectivity index (χ0n) is 8.12. The molecule has 0 amide bonds. The zero-order valence-corrected chi connectivity index (χ0v) is 9.63. The summed E-state index contributed by atoms with van der Waals surface area (Å²) in [4.78, 5) is 0. The number of aliphatic hydroxyl groups is 1. The van der Waals surface area contributed by atoms with E-state index in [4.69, 9.17) is 27.9 Å². The van der Waals surface area contributed by atoms with Crippen LogP contribution in [0.15, 0.2) is 18.2 Å². The maximum absolute atomic E-state index is 9.20. The Kier molecular flexibility index (Phi) is 3.52. The smallest absolute Gasteiger partial charge is 0.0890 e. The van der Waals surface area contributed by atoms with E-state index in [1.165, 1.54) is 0 Å². The first-order valence-electron chi connectivity index (χ1n) is 4.90. The van der Waals surface area contributed by atoms with Gasteiger partial charge in [0, 0.05) is 34.7 Å². The lowest BCUT2D eigenvalue weighted by atomic mass is 9.96. The number of benzene rings is 1. The Labute approximate surface area is 98.8 Å². The van der Waals surface area contributed by atoms with Crippen LogP contribution >= 0.6 is 23.2 Å². The minimum Gasteiger partial charge on any atom is -0.396 e. The molecule has 1 heterocycles. The largest absolute Gasteiger partial charge is 0.396 e. The zero-order chi connectivity index (χ0) is 10.8. The van der Waals surface area contributed by atoms with Gasteiger partial charge in [-0.15, -0.1) is 0 Å². The molecule has 1 saturated heterocycles. The van der Waals surface area contributed by atoms with Crippen molar-refractivity contribution in [2.24, 2.45) is 5.92 Å². The third-order valence-electron chi connectivity index (χ3n) is 2.71. The molecule has 2 unspecified atom stereocenters. The highest BCUT2D eigenvalue weighted by molar-refractivity contribution is 6.33. The fraction of sp³-hybridized carbons (Fsp3) is 0.455. The SMILES string of the molecule is OCC1CCOC1c1cc(Cl)ccc1Cl. The molecule has 82 valence electrons. The molecule has 1 N–H and O–H groups in total. The number of halogens is 2. The highest BCUT2D eigenvalue weighted by Crippen LogP contribution is 2.38. The molecule has 2 nitrogen and oxygen atoms in total. The van der Waals surface area contributed by atoms with Crippen molar-refractivity contribution in [2.45, 2.75) is 12.5 Å². The Morgan fingerprint density at radius 2 is 2.20 bits per heavy atom. The van der Waals surface area contributed by atoms with Gasteiger partial charge in [0.2, 0.25) is 0 Å². The van der Waals surface area contributed by atoms with E-state index in [0.717, 1.165) is 12.0 Å². The van der Waals surface area contributed by atoms with Gasteiger partial charge < -0.3 is 9.84 Å². The van der Waals surface area contributed by atoms with E-state index in [1.54, 1.807) is 12.1 Å². The number of hydrogen-bond acceptors (Lipinski definition) is 2. The van der Waals surface area contributed by atoms with Crippen molar-refractivity contribution in [3.63, 3.8) is 0 Å². The molecule has 1 aliphatic heterocycles. The Bertz CT molecular complexity index is 354. The van der Waals surface area contributed by atoms with Gasteiger partial charge in [-0.1, -0.05) is 23.2 Å². The van der Waals surface area contributed by atoms with Crippen molar-refractivity contribution in [3.05, 3.63) is 33.8 Å². The number of aliphatic hydroxyl groups excluding tert-OH is 1. The van der Waals surface area contributed by atoms with Gasteiger partial charge >= 0.3 is 0 Å². The lowest BCUT2D eigenvalue weighted by Crippen LogP contribution is -2.11. The van der Waals surface area contributed by atoms with Crippen LogP contribution in [0.3, 0.4) is 0 Å². The van der Waals surface area contributed by atoms with Crippen molar-refractivity contribution in [2.75, 3.05) is 13.2 Å². The molecular weight excluding hydrogens is 235 g/mol. The third kappa shape index (κ3) is 2.28. The first-order valence-corrected chi connectivity index (χ1v) is 5.65. The van der Waals surface area contributed by atoms with Gasteiger partial charge in [0.15, 0.2) is 0 Å². The second kappa shape index (κ2) is 4.71. The van der Waals surface area contributed by atoms with E-state index in [-0.39, 0.29) is 18.6 Å². The highest BCUT2D eigenvalue weighted by atomic mass is 35.5. The summed E-state index contributed by atoms with van der Waals surface area (Å²) in [6.45, 7) is 0.784. The van der Waals surface area contributed by atoms with Gasteiger partial charge in [-0.3, -0.25) is 0 Å². The van der Waals surface area contributed by atoms with Crippen LogP contribution < -0.4 is 0 Å². The normalized spacial score (nSPS) is 25.8. The molecule has 15 heavy (non-hydrogen) atoms. The summed E-state index contributed by atoms with van der Waals surface area (Å²) in [5.74, 6) is 0.126. The van der Waals surface area contributed by atoms with Crippen molar-refractivity contribution in [3.8, 4) is 0 Å². The monoisotopic (exact) mass is 246 g/mol. The van der Waals surface area contributed by atoms with E-state index >= 15 is 0 Å². The predicted octanol–water partition coefficient (Wildman–Crippen LogP) is 3.06. The summed E-state index contributed by atoms with van der Waals surface area (Å²) in [6.07, 6.45) is 0.741. The van der Waals surface area contributed by atoms with Crippen LogP contribution in [0.1, 0.15) is 18.1 Å². The summed E-state index contributed by atoms with van der Waals surface area (Å²) >= 11 is 12.0. The van der Waals surface area contributed by atoms with E-state index < -0.39 is 0 Å². The van der Waals surface area contributed by atoms with Gasteiger partial charge in [-0.2, -0.15) is 0 Å². The topological polar surface area (TPSA) is 29.5 Å². The maximum Gasteiger partial charge on any atom is 0.0890 e. The summed E-state index contributed by atoms with van der Waals surface area (Å²) < 4.78 is 5.58. The molecule has 0 saturated carbocycles. The number of hydrogen-bond donors (Lipinski definition) is 1. The molecule has 0 aromatic heterocycles. The Hall–Kier alpha value is -0.280. The second-order valence-electron chi connectivity index (χ2n) is 3.69. The predicted molar refractivity (Wildman–Crippen MR) is 60.3 cm³/mol. The van der Waals surface area contributed by atoms with E-state index in [2.05, 4.69) is 0 Å². The van der Waals surface area contributed by atoms with Crippen LogP contribution in [-0.2, 0) is 4.74 Å². The standard InChI is InChI=1S/C11H12Cl2O2/c12-8-1-2-10(13)9(5-8)11-7(6-14)3-4-15-11/h1-2,5,7,11,14H,3-4,6H2. The molecule has 1 aliphatic rings. The van der Waals surface area contributed by atoms with Crippen LogP contribution in [0.25, 0.3) is 0 Å². The first kappa shape index (κ1) is 11.2. The molecule has 2 atom stereocenters. The summed E-state index contributed by atoms with van der Waals surface area (Å²) in [5.41, 5.74) is 0.876. The van der Waals surface area contributed by atoms with Crippen LogP contribution in [0, 0.1) is 5.92 Å². The minimum atomic E-state index is -0.124. The first-order chi connectivity index (χ1) is 7.22. The molecule has 0 bridgehead atoms. The Morgan fingerprint density at radius 1 is 1.40 bits per heavy atom. The van der Waals surface area contributed by atoms with Gasteiger partial charge in [0.25, 0.3) is 0 Å². The van der Waals surface area contributed by atoms with E-state index in [1.807, 2.05) is 6.07 Å². The molecule has 1 aromatic rings. The fourth-order valence-corrected chi connectivity index (χ4v) is 2.30. The maximum atomic E-state index is 9.20. The summed E-state index contributed by atoms with van der Waals surface area (Å²) in [5, 5.41) is 10.5. The van der Waals surface area contributed by atoms with Gasteiger partial charge in [0.05, 0.1) is 6.10 Å².